The maximum absolute atomic E-state index is 11.8. The first-order valence-electron chi connectivity index (χ1n) is 6.45. The molecule has 0 saturated heterocycles. The molecule has 1 fully saturated rings. The molecule has 2 rings (SSSR count). The highest BCUT2D eigenvalue weighted by Gasteiger charge is 2.45. The Kier molecular flexibility index (Phi) is 4.94. The minimum absolute atomic E-state index is 0.216. The summed E-state index contributed by atoms with van der Waals surface area (Å²) in [7, 11) is 0. The molecular formula is C14H16ClNO3S. The predicted molar refractivity (Wildman–Crippen MR) is 79.2 cm³/mol. The molecule has 2 N–H and O–H groups in total. The molecule has 0 atom stereocenters. The summed E-state index contributed by atoms with van der Waals surface area (Å²) >= 11 is 7.52. The van der Waals surface area contributed by atoms with Crippen LogP contribution in [-0.4, -0.2) is 28.3 Å². The highest BCUT2D eigenvalue weighted by molar-refractivity contribution is 7.99. The summed E-state index contributed by atoms with van der Waals surface area (Å²) in [6.45, 7) is 0. The lowest BCUT2D eigenvalue weighted by molar-refractivity contribution is -0.151. The van der Waals surface area contributed by atoms with Crippen molar-refractivity contribution in [2.45, 2.75) is 36.1 Å². The van der Waals surface area contributed by atoms with E-state index in [2.05, 4.69) is 5.32 Å². The first-order valence-corrected chi connectivity index (χ1v) is 7.82. The van der Waals surface area contributed by atoms with E-state index in [1.807, 2.05) is 18.2 Å². The summed E-state index contributed by atoms with van der Waals surface area (Å²) in [6.07, 6.45) is 2.17. The second kappa shape index (κ2) is 6.50. The summed E-state index contributed by atoms with van der Waals surface area (Å²) in [5, 5.41) is 12.4. The lowest BCUT2D eigenvalue weighted by Crippen LogP contribution is -2.59. The van der Waals surface area contributed by atoms with Gasteiger partial charge in [-0.15, -0.1) is 11.8 Å². The fraction of sp³-hybridized carbons (Fsp3) is 0.429. The van der Waals surface area contributed by atoms with Crippen molar-refractivity contribution in [1.82, 2.24) is 5.32 Å². The Morgan fingerprint density at radius 3 is 2.60 bits per heavy atom. The Balaban J connectivity index is 1.78. The van der Waals surface area contributed by atoms with Gasteiger partial charge in [0.15, 0.2) is 0 Å². The van der Waals surface area contributed by atoms with E-state index < -0.39 is 11.5 Å². The van der Waals surface area contributed by atoms with Crippen LogP contribution in [0.15, 0.2) is 29.2 Å². The van der Waals surface area contributed by atoms with Crippen molar-refractivity contribution in [1.29, 1.82) is 0 Å². The molecule has 1 aromatic rings. The van der Waals surface area contributed by atoms with Gasteiger partial charge in [-0.1, -0.05) is 23.7 Å². The lowest BCUT2D eigenvalue weighted by Gasteiger charge is -2.38. The van der Waals surface area contributed by atoms with Gasteiger partial charge < -0.3 is 10.4 Å². The van der Waals surface area contributed by atoms with Gasteiger partial charge >= 0.3 is 5.97 Å². The normalized spacial score (nSPS) is 16.2. The van der Waals surface area contributed by atoms with E-state index in [1.54, 1.807) is 6.07 Å². The standard InChI is InChI=1S/C14H16ClNO3S/c15-10-4-1-2-5-11(10)20-9-6-12(17)16-14(13(18)19)7-3-8-14/h1-2,4-5H,3,6-9H2,(H,16,17)(H,18,19). The molecule has 20 heavy (non-hydrogen) atoms. The van der Waals surface area contributed by atoms with Crippen molar-refractivity contribution in [3.63, 3.8) is 0 Å². The van der Waals surface area contributed by atoms with Crippen molar-refractivity contribution in [3.8, 4) is 0 Å². The van der Waals surface area contributed by atoms with Crippen molar-refractivity contribution < 1.29 is 14.7 Å². The third-order valence-corrected chi connectivity index (χ3v) is 4.94. The zero-order valence-corrected chi connectivity index (χ0v) is 12.5. The van der Waals surface area contributed by atoms with Gasteiger partial charge in [0.05, 0.1) is 5.02 Å². The van der Waals surface area contributed by atoms with Gasteiger partial charge in [-0.3, -0.25) is 4.79 Å². The van der Waals surface area contributed by atoms with Gasteiger partial charge in [0.25, 0.3) is 0 Å². The van der Waals surface area contributed by atoms with Crippen LogP contribution in [0.3, 0.4) is 0 Å². The van der Waals surface area contributed by atoms with Crippen LogP contribution in [0, 0.1) is 0 Å². The number of amides is 1. The molecule has 0 aromatic heterocycles. The summed E-state index contributed by atoms with van der Waals surface area (Å²) < 4.78 is 0. The molecular weight excluding hydrogens is 298 g/mol. The van der Waals surface area contributed by atoms with Crippen LogP contribution in [0.25, 0.3) is 0 Å². The average molecular weight is 314 g/mol. The summed E-state index contributed by atoms with van der Waals surface area (Å²) in [5.74, 6) is -0.576. The summed E-state index contributed by atoms with van der Waals surface area (Å²) in [5.41, 5.74) is -1.02. The smallest absolute Gasteiger partial charge is 0.329 e. The Labute approximate surface area is 126 Å². The largest absolute Gasteiger partial charge is 0.480 e. The molecule has 0 radical (unpaired) electrons. The summed E-state index contributed by atoms with van der Waals surface area (Å²) in [6, 6.07) is 7.45. The number of hydrogen-bond donors (Lipinski definition) is 2. The fourth-order valence-electron chi connectivity index (χ4n) is 2.07. The number of benzene rings is 1. The maximum Gasteiger partial charge on any atom is 0.329 e. The van der Waals surface area contributed by atoms with Crippen LogP contribution < -0.4 is 5.32 Å². The second-order valence-electron chi connectivity index (χ2n) is 4.82. The highest BCUT2D eigenvalue weighted by atomic mass is 35.5. The molecule has 6 heteroatoms. The van der Waals surface area contributed by atoms with E-state index in [4.69, 9.17) is 16.7 Å². The van der Waals surface area contributed by atoms with E-state index in [-0.39, 0.29) is 12.3 Å². The van der Waals surface area contributed by atoms with E-state index in [9.17, 15) is 9.59 Å². The predicted octanol–water partition coefficient (Wildman–Crippen LogP) is 2.95. The number of aliphatic carboxylic acids is 1. The van der Waals surface area contributed by atoms with Crippen LogP contribution in [0.5, 0.6) is 0 Å². The van der Waals surface area contributed by atoms with E-state index in [0.717, 1.165) is 11.3 Å². The lowest BCUT2D eigenvalue weighted by atomic mass is 9.76. The number of carbonyl (C=O) groups is 2. The van der Waals surface area contributed by atoms with Crippen LogP contribution in [0.2, 0.25) is 5.02 Å². The molecule has 1 aliphatic carbocycles. The van der Waals surface area contributed by atoms with Crippen LogP contribution in [0.1, 0.15) is 25.7 Å². The SMILES string of the molecule is O=C(CCSc1ccccc1Cl)NC1(C(=O)O)CCC1. The quantitative estimate of drug-likeness (QED) is 0.792. The molecule has 0 aliphatic heterocycles. The van der Waals surface area contributed by atoms with Gasteiger partial charge in [-0.05, 0) is 31.4 Å². The molecule has 1 amide bonds. The van der Waals surface area contributed by atoms with Gasteiger partial charge in [0.2, 0.25) is 5.91 Å². The molecule has 108 valence electrons. The molecule has 0 unspecified atom stereocenters. The second-order valence-corrected chi connectivity index (χ2v) is 6.36. The third-order valence-electron chi connectivity index (χ3n) is 3.42. The topological polar surface area (TPSA) is 66.4 Å². The van der Waals surface area contributed by atoms with Gasteiger partial charge in [-0.2, -0.15) is 0 Å². The monoisotopic (exact) mass is 313 g/mol. The minimum atomic E-state index is -1.02. The Bertz CT molecular complexity index is 517. The maximum atomic E-state index is 11.8. The van der Waals surface area contributed by atoms with Crippen LogP contribution in [0.4, 0.5) is 0 Å². The molecule has 0 bridgehead atoms. The number of thioether (sulfide) groups is 1. The number of carbonyl (C=O) groups excluding carboxylic acids is 1. The molecule has 0 heterocycles. The molecule has 0 spiro atoms. The van der Waals surface area contributed by atoms with E-state index in [1.165, 1.54) is 11.8 Å². The number of carboxylic acid groups (broad SMARTS) is 1. The van der Waals surface area contributed by atoms with Gasteiger partial charge in [-0.25, -0.2) is 4.79 Å². The Hall–Kier alpha value is -1.20. The zero-order chi connectivity index (χ0) is 14.6. The van der Waals surface area contributed by atoms with Gasteiger partial charge in [0, 0.05) is 17.1 Å². The molecule has 1 aromatic carbocycles. The van der Waals surface area contributed by atoms with Crippen LogP contribution in [-0.2, 0) is 9.59 Å². The number of carboxylic acids is 1. The van der Waals surface area contributed by atoms with Crippen molar-refractivity contribution in [2.24, 2.45) is 0 Å². The minimum Gasteiger partial charge on any atom is -0.480 e. The number of hydrogen-bond acceptors (Lipinski definition) is 3. The first kappa shape index (κ1) is 15.2. The van der Waals surface area contributed by atoms with Gasteiger partial charge in [0.1, 0.15) is 5.54 Å². The van der Waals surface area contributed by atoms with Crippen LogP contribution >= 0.6 is 23.4 Å². The zero-order valence-electron chi connectivity index (χ0n) is 10.9. The summed E-state index contributed by atoms with van der Waals surface area (Å²) in [4.78, 5) is 23.9. The molecule has 1 aliphatic rings. The average Bonchev–Trinajstić information content (AvgIpc) is 2.36. The van der Waals surface area contributed by atoms with Crippen molar-refractivity contribution in [3.05, 3.63) is 29.3 Å². The van der Waals surface area contributed by atoms with Crippen molar-refractivity contribution in [2.75, 3.05) is 5.75 Å². The number of rotatable bonds is 6. The third kappa shape index (κ3) is 3.46. The Morgan fingerprint density at radius 1 is 1.35 bits per heavy atom. The highest BCUT2D eigenvalue weighted by Crippen LogP contribution is 2.32. The first-order chi connectivity index (χ1) is 9.53. The Morgan fingerprint density at radius 2 is 2.05 bits per heavy atom. The number of nitrogens with one attached hydrogen (secondary N) is 1. The fourth-order valence-corrected chi connectivity index (χ4v) is 3.26. The molecule has 1 saturated carbocycles. The van der Waals surface area contributed by atoms with Crippen molar-refractivity contribution >= 4 is 35.2 Å². The number of halogens is 1. The van der Waals surface area contributed by atoms with E-state index >= 15 is 0 Å². The molecule has 4 nitrogen and oxygen atoms in total. The van der Waals surface area contributed by atoms with E-state index in [0.29, 0.717) is 23.6 Å².